The van der Waals surface area contributed by atoms with Gasteiger partial charge in [0, 0.05) is 26.2 Å². The van der Waals surface area contributed by atoms with Crippen molar-refractivity contribution in [1.29, 1.82) is 0 Å². The van der Waals surface area contributed by atoms with Gasteiger partial charge in [0.25, 0.3) is 0 Å². The second-order valence-electron chi connectivity index (χ2n) is 6.98. The average Bonchev–Trinajstić information content (AvgIpc) is 2.80. The van der Waals surface area contributed by atoms with Crippen LogP contribution in [-0.4, -0.2) is 69.5 Å². The quantitative estimate of drug-likeness (QED) is 0.652. The molecular formula is C21H23Cl2N3O5S. The molecule has 32 heavy (non-hydrogen) atoms. The maximum atomic E-state index is 12.8. The van der Waals surface area contributed by atoms with Crippen LogP contribution < -0.4 is 5.32 Å². The van der Waals surface area contributed by atoms with Gasteiger partial charge < -0.3 is 19.9 Å². The van der Waals surface area contributed by atoms with E-state index in [1.807, 2.05) is 0 Å². The van der Waals surface area contributed by atoms with Crippen molar-refractivity contribution < 1.29 is 22.7 Å². The van der Waals surface area contributed by atoms with Crippen molar-refractivity contribution in [2.45, 2.75) is 16.7 Å². The molecule has 1 fully saturated rings. The molecule has 0 radical (unpaired) electrons. The fourth-order valence-electron chi connectivity index (χ4n) is 3.24. The lowest BCUT2D eigenvalue weighted by atomic mass is 10.3. The highest BCUT2D eigenvalue weighted by atomic mass is 35.5. The van der Waals surface area contributed by atoms with Crippen molar-refractivity contribution in [3.05, 3.63) is 52.5 Å². The number of nitrogens with zero attached hydrogens (tertiary/aromatic N) is 2. The summed E-state index contributed by atoms with van der Waals surface area (Å²) in [5.74, 6) is -0.179. The second kappa shape index (κ2) is 10.4. The Kier molecular flexibility index (Phi) is 7.86. The Bertz CT molecular complexity index is 1090. The molecule has 172 valence electrons. The number of rotatable bonds is 6. The van der Waals surface area contributed by atoms with Crippen LogP contribution in [0.4, 0.5) is 10.5 Å². The van der Waals surface area contributed by atoms with Gasteiger partial charge in [0.05, 0.1) is 38.7 Å². The van der Waals surface area contributed by atoms with E-state index in [1.54, 1.807) is 34.9 Å². The molecule has 0 aliphatic carbocycles. The van der Waals surface area contributed by atoms with Crippen LogP contribution in [0.15, 0.2) is 52.3 Å². The van der Waals surface area contributed by atoms with Crippen molar-refractivity contribution in [3.63, 3.8) is 0 Å². The van der Waals surface area contributed by atoms with Crippen LogP contribution in [0.25, 0.3) is 0 Å². The molecule has 3 rings (SSSR count). The van der Waals surface area contributed by atoms with Crippen LogP contribution in [-0.2, 0) is 19.4 Å². The van der Waals surface area contributed by atoms with Gasteiger partial charge in [0.2, 0.25) is 15.7 Å². The van der Waals surface area contributed by atoms with Crippen LogP contribution in [0.1, 0.15) is 6.92 Å². The van der Waals surface area contributed by atoms with E-state index >= 15 is 0 Å². The minimum atomic E-state index is -3.84. The van der Waals surface area contributed by atoms with Crippen molar-refractivity contribution in [2.24, 2.45) is 0 Å². The number of benzene rings is 2. The summed E-state index contributed by atoms with van der Waals surface area (Å²) in [4.78, 5) is 27.5. The number of carbonyl (C=O) groups is 2. The van der Waals surface area contributed by atoms with E-state index in [4.69, 9.17) is 27.9 Å². The number of piperazine rings is 1. The summed E-state index contributed by atoms with van der Waals surface area (Å²) in [6.07, 6.45) is -0.385. The molecule has 0 bridgehead atoms. The van der Waals surface area contributed by atoms with Gasteiger partial charge in [-0.25, -0.2) is 13.2 Å². The van der Waals surface area contributed by atoms with Gasteiger partial charge in [-0.05, 0) is 31.2 Å². The van der Waals surface area contributed by atoms with E-state index < -0.39 is 9.84 Å². The van der Waals surface area contributed by atoms with E-state index in [-0.39, 0.29) is 38.4 Å². The number of hydrogen-bond acceptors (Lipinski definition) is 6. The zero-order valence-corrected chi connectivity index (χ0v) is 19.7. The molecule has 0 aromatic heterocycles. The largest absolute Gasteiger partial charge is 0.450 e. The smallest absolute Gasteiger partial charge is 0.409 e. The summed E-state index contributed by atoms with van der Waals surface area (Å²) in [6.45, 7) is 3.55. The summed E-state index contributed by atoms with van der Waals surface area (Å²) in [7, 11) is -3.84. The summed E-state index contributed by atoms with van der Waals surface area (Å²) in [6, 6.07) is 10.8. The summed E-state index contributed by atoms with van der Waals surface area (Å²) in [5, 5.41) is 2.82. The first kappa shape index (κ1) is 24.2. The Morgan fingerprint density at radius 2 is 1.59 bits per heavy atom. The third kappa shape index (κ3) is 5.28. The SMILES string of the molecule is CCOC(=O)N1CCN(C(=O)CNc2ccc(S(=O)(=O)c3ccccc3)c(Cl)c2Cl)CC1. The van der Waals surface area contributed by atoms with Gasteiger partial charge in [0.15, 0.2) is 0 Å². The van der Waals surface area contributed by atoms with E-state index in [9.17, 15) is 18.0 Å². The third-order valence-corrected chi connectivity index (χ3v) is 7.78. The fraction of sp³-hybridized carbons (Fsp3) is 0.333. The lowest BCUT2D eigenvalue weighted by molar-refractivity contribution is -0.130. The molecule has 11 heteroatoms. The topological polar surface area (TPSA) is 96.0 Å². The van der Waals surface area contributed by atoms with Crippen LogP contribution in [0.5, 0.6) is 0 Å². The predicted octanol–water partition coefficient (Wildman–Crippen LogP) is 3.54. The summed E-state index contributed by atoms with van der Waals surface area (Å²) >= 11 is 12.6. The summed E-state index contributed by atoms with van der Waals surface area (Å²) < 4.78 is 30.7. The van der Waals surface area contributed by atoms with Crippen molar-refractivity contribution >= 4 is 50.7 Å². The molecule has 1 saturated heterocycles. The highest BCUT2D eigenvalue weighted by molar-refractivity contribution is 7.91. The molecule has 0 unspecified atom stereocenters. The van der Waals surface area contributed by atoms with Gasteiger partial charge in [0.1, 0.15) is 0 Å². The Morgan fingerprint density at radius 1 is 0.969 bits per heavy atom. The maximum Gasteiger partial charge on any atom is 0.409 e. The van der Waals surface area contributed by atoms with Gasteiger partial charge in [-0.15, -0.1) is 0 Å². The number of halogens is 2. The number of nitrogens with one attached hydrogen (secondary N) is 1. The molecule has 2 aromatic rings. The van der Waals surface area contributed by atoms with E-state index in [2.05, 4.69) is 5.32 Å². The monoisotopic (exact) mass is 499 g/mol. The molecule has 2 aromatic carbocycles. The van der Waals surface area contributed by atoms with Gasteiger partial charge in [-0.3, -0.25) is 4.79 Å². The Hall–Kier alpha value is -2.49. The Labute approximate surface area is 197 Å². The third-order valence-electron chi connectivity index (χ3n) is 4.98. The highest BCUT2D eigenvalue weighted by Gasteiger charge is 2.26. The molecule has 2 amide bonds. The molecule has 0 atom stereocenters. The molecule has 0 spiro atoms. The number of carbonyl (C=O) groups excluding carboxylic acids is 2. The minimum Gasteiger partial charge on any atom is -0.450 e. The highest BCUT2D eigenvalue weighted by Crippen LogP contribution is 2.37. The number of hydrogen-bond donors (Lipinski definition) is 1. The first-order chi connectivity index (χ1) is 15.3. The van der Waals surface area contributed by atoms with E-state index in [0.29, 0.717) is 38.5 Å². The first-order valence-corrected chi connectivity index (χ1v) is 12.2. The predicted molar refractivity (Wildman–Crippen MR) is 122 cm³/mol. The van der Waals surface area contributed by atoms with Crippen molar-refractivity contribution in [3.8, 4) is 0 Å². The molecule has 1 aliphatic heterocycles. The first-order valence-electron chi connectivity index (χ1n) is 9.97. The number of ether oxygens (including phenoxy) is 1. The van der Waals surface area contributed by atoms with Gasteiger partial charge in [-0.2, -0.15) is 0 Å². The normalized spacial score (nSPS) is 14.2. The average molecular weight is 500 g/mol. The Morgan fingerprint density at radius 3 is 2.22 bits per heavy atom. The molecule has 1 aliphatic rings. The number of anilines is 1. The molecule has 8 nitrogen and oxygen atoms in total. The fourth-order valence-corrected chi connectivity index (χ4v) is 5.35. The van der Waals surface area contributed by atoms with Crippen LogP contribution in [0, 0.1) is 0 Å². The lowest BCUT2D eigenvalue weighted by Crippen LogP contribution is -2.51. The zero-order chi connectivity index (χ0) is 23.3. The van der Waals surface area contributed by atoms with E-state index in [1.165, 1.54) is 24.3 Å². The minimum absolute atomic E-state index is 0.0172. The zero-order valence-electron chi connectivity index (χ0n) is 17.4. The number of sulfone groups is 1. The van der Waals surface area contributed by atoms with Crippen molar-refractivity contribution in [2.75, 3.05) is 44.6 Å². The van der Waals surface area contributed by atoms with Crippen molar-refractivity contribution in [1.82, 2.24) is 9.80 Å². The van der Waals surface area contributed by atoms with Crippen LogP contribution in [0.3, 0.4) is 0 Å². The van der Waals surface area contributed by atoms with Gasteiger partial charge >= 0.3 is 6.09 Å². The van der Waals surface area contributed by atoms with E-state index in [0.717, 1.165) is 0 Å². The summed E-state index contributed by atoms with van der Waals surface area (Å²) in [5.41, 5.74) is 0.349. The maximum absolute atomic E-state index is 12.8. The molecule has 1 N–H and O–H groups in total. The molecule has 0 saturated carbocycles. The molecular weight excluding hydrogens is 477 g/mol. The van der Waals surface area contributed by atoms with Gasteiger partial charge in [-0.1, -0.05) is 41.4 Å². The Balaban J connectivity index is 1.64. The second-order valence-corrected chi connectivity index (χ2v) is 9.65. The number of amides is 2. The lowest BCUT2D eigenvalue weighted by Gasteiger charge is -2.34. The molecule has 1 heterocycles. The standard InChI is InChI=1S/C21H23Cl2N3O5S/c1-2-31-21(28)26-12-10-25(11-13-26)18(27)14-24-16-8-9-17(20(23)19(16)22)32(29,30)15-6-4-3-5-7-15/h3-9,24H,2,10-14H2,1H3. The van der Waals surface area contributed by atoms with Crippen LogP contribution in [0.2, 0.25) is 10.0 Å². The van der Waals surface area contributed by atoms with Crippen LogP contribution >= 0.6 is 23.2 Å².